The Hall–Kier alpha value is -1.31. The maximum absolute atomic E-state index is 5.14. The monoisotopic (exact) mass is 464 g/mol. The quantitative estimate of drug-likeness (QED) is 0.266. The van der Waals surface area contributed by atoms with Crippen LogP contribution < -0.4 is 0 Å². The Labute approximate surface area is 185 Å². The number of aryl methyl sites for hydroxylation is 1. The van der Waals surface area contributed by atoms with Gasteiger partial charge in [0.05, 0.1) is 12.5 Å². The third-order valence-electron chi connectivity index (χ3n) is 5.04. The van der Waals surface area contributed by atoms with E-state index in [-0.39, 0.29) is 5.43 Å². The molecule has 1 aliphatic carbocycles. The fourth-order valence-corrected chi connectivity index (χ4v) is 3.32. The zero-order valence-corrected chi connectivity index (χ0v) is 21.6. The first kappa shape index (κ1) is 23.0. The average Bonchev–Trinajstić information content (AvgIpc) is 3.31. The van der Waals surface area contributed by atoms with E-state index >= 15 is 0 Å². The van der Waals surface area contributed by atoms with Crippen molar-refractivity contribution in [2.75, 3.05) is 0 Å². The van der Waals surface area contributed by atoms with Gasteiger partial charge in [0, 0.05) is 0 Å². The zero-order valence-electron chi connectivity index (χ0n) is 18.1. The van der Waals surface area contributed by atoms with Gasteiger partial charge in [-0.3, -0.25) is 6.08 Å². The van der Waals surface area contributed by atoms with Gasteiger partial charge >= 0.3 is 41.9 Å². The van der Waals surface area contributed by atoms with Crippen LogP contribution >= 0.6 is 0 Å². The van der Waals surface area contributed by atoms with E-state index in [0.29, 0.717) is 5.92 Å². The van der Waals surface area contributed by atoms with Gasteiger partial charge in [-0.1, -0.05) is 39.7 Å². The molecule has 144 valence electrons. The van der Waals surface area contributed by atoms with Crippen molar-refractivity contribution in [2.45, 2.75) is 47.7 Å². The second-order valence-corrected chi connectivity index (χ2v) is 17.0. The second-order valence-electron chi connectivity index (χ2n) is 7.60. The topological polar surface area (TPSA) is 13.1 Å². The number of hydrogen-bond acceptors (Lipinski definition) is 1. The third-order valence-corrected chi connectivity index (χ3v) is 5.04. The molecule has 0 saturated carbocycles. The summed E-state index contributed by atoms with van der Waals surface area (Å²) in [5, 5.41) is 2.60. The van der Waals surface area contributed by atoms with Crippen LogP contribution in [0.25, 0.3) is 21.9 Å². The number of fused-ring (bicyclic) bond motifs is 1. The number of benzene rings is 1. The van der Waals surface area contributed by atoms with Crippen LogP contribution in [-0.2, 0) is 23.3 Å². The second kappa shape index (κ2) is 10.5. The fourth-order valence-electron chi connectivity index (χ4n) is 3.32. The molecule has 1 aliphatic rings. The van der Waals surface area contributed by atoms with Crippen molar-refractivity contribution < 1.29 is 27.8 Å². The summed E-state index contributed by atoms with van der Waals surface area (Å²) in [4.78, 5) is 0. The van der Waals surface area contributed by atoms with Crippen molar-refractivity contribution in [3.8, 4) is 11.1 Å². The maximum atomic E-state index is 5.14. The molecule has 0 bridgehead atoms. The molecule has 0 aliphatic heterocycles. The Balaban J connectivity index is 0.000000184. The number of hydrogen-bond donors (Lipinski definition) is 0. The molecular formula is C25H30OSiZr. The molecule has 1 aromatic heterocycles. The van der Waals surface area contributed by atoms with Crippen molar-refractivity contribution in [1.29, 1.82) is 0 Å². The van der Waals surface area contributed by atoms with Crippen LogP contribution in [0.15, 0.2) is 70.1 Å². The summed E-state index contributed by atoms with van der Waals surface area (Å²) in [7, 11) is 0. The van der Waals surface area contributed by atoms with Crippen LogP contribution in [0.4, 0.5) is 0 Å². The van der Waals surface area contributed by atoms with Gasteiger partial charge in [-0.15, -0.1) is 53.1 Å². The first-order valence-electron chi connectivity index (χ1n) is 9.69. The molecule has 0 fully saturated rings. The Morgan fingerprint density at radius 2 is 1.71 bits per heavy atom. The molecule has 28 heavy (non-hydrogen) atoms. The van der Waals surface area contributed by atoms with Crippen molar-refractivity contribution in [2.24, 2.45) is 5.92 Å². The number of allylic oxidation sites excluding steroid dienone is 4. The molecule has 0 amide bonds. The summed E-state index contributed by atoms with van der Waals surface area (Å²) in [6.07, 6.45) is 6.88. The van der Waals surface area contributed by atoms with E-state index in [9.17, 15) is 0 Å². The van der Waals surface area contributed by atoms with Crippen LogP contribution in [0.5, 0.6) is 0 Å². The van der Waals surface area contributed by atoms with Gasteiger partial charge in [-0.25, -0.2) is 5.57 Å². The Bertz CT molecular complexity index is 999. The molecule has 0 saturated heterocycles. The molecule has 2 aromatic carbocycles. The minimum Gasteiger partial charge on any atom is -0.473 e. The van der Waals surface area contributed by atoms with Crippen LogP contribution in [0.2, 0.25) is 13.1 Å². The molecule has 1 atom stereocenters. The van der Waals surface area contributed by atoms with E-state index in [0.717, 1.165) is 5.56 Å². The summed E-state index contributed by atoms with van der Waals surface area (Å²) in [5.74, 6) is 0.560. The van der Waals surface area contributed by atoms with Gasteiger partial charge in [0.2, 0.25) is 0 Å². The summed E-state index contributed by atoms with van der Waals surface area (Å²) in [6.45, 7) is 15.4. The Kier molecular flexibility index (Phi) is 8.58. The van der Waals surface area contributed by atoms with Crippen LogP contribution in [0.1, 0.15) is 33.3 Å². The van der Waals surface area contributed by atoms with Gasteiger partial charge in [0.15, 0.2) is 0 Å². The molecule has 0 N–H and O–H groups in total. The van der Waals surface area contributed by atoms with Crippen molar-refractivity contribution >= 4 is 16.2 Å². The van der Waals surface area contributed by atoms with Crippen molar-refractivity contribution in [1.82, 2.24) is 0 Å². The minimum absolute atomic E-state index is 0.210. The molecule has 3 heteroatoms. The first-order valence-corrected chi connectivity index (χ1v) is 15.9. The van der Waals surface area contributed by atoms with E-state index in [4.69, 9.17) is 4.42 Å². The number of rotatable bonds is 1. The molecule has 3 aromatic rings. The number of furan rings is 1. The molecule has 1 heterocycles. The van der Waals surface area contributed by atoms with Gasteiger partial charge in [0.25, 0.3) is 0 Å². The minimum atomic E-state index is 0.210. The van der Waals surface area contributed by atoms with Crippen molar-refractivity contribution in [3.63, 3.8) is 0 Å². The first-order chi connectivity index (χ1) is 13.2. The van der Waals surface area contributed by atoms with Crippen LogP contribution in [0, 0.1) is 18.9 Å². The van der Waals surface area contributed by atoms with Gasteiger partial charge < -0.3 is 4.42 Å². The van der Waals surface area contributed by atoms with E-state index in [2.05, 4.69) is 84.1 Å². The largest absolute Gasteiger partial charge is 0.473 e. The summed E-state index contributed by atoms with van der Waals surface area (Å²) >= 11 is 1.74. The van der Waals surface area contributed by atoms with Crippen molar-refractivity contribution in [3.05, 3.63) is 77.3 Å². The van der Waals surface area contributed by atoms with E-state index in [1.807, 2.05) is 6.07 Å². The molecule has 0 spiro atoms. The third kappa shape index (κ3) is 5.84. The molecule has 4 rings (SSSR count). The van der Waals surface area contributed by atoms with E-state index < -0.39 is 0 Å². The van der Waals surface area contributed by atoms with Crippen LogP contribution in [-0.4, -0.2) is 5.43 Å². The summed E-state index contributed by atoms with van der Waals surface area (Å²) in [5.41, 5.74) is 8.21. The Morgan fingerprint density at radius 3 is 2.18 bits per heavy atom. The van der Waals surface area contributed by atoms with E-state index in [1.54, 1.807) is 35.9 Å². The molecular weight excluding hydrogens is 436 g/mol. The van der Waals surface area contributed by atoms with Gasteiger partial charge in [-0.05, 0) is 11.6 Å². The molecule has 1 unspecified atom stereocenters. The fraction of sp³-hybridized carbons (Fsp3) is 0.320. The summed E-state index contributed by atoms with van der Waals surface area (Å²) in [6, 6.07) is 12.7. The molecule has 1 nitrogen and oxygen atoms in total. The smallest absolute Gasteiger partial charge is 0.0900 e. The summed E-state index contributed by atoms with van der Waals surface area (Å²) < 4.78 is 5.14. The predicted octanol–water partition coefficient (Wildman–Crippen LogP) is 7.63. The van der Waals surface area contributed by atoms with E-state index in [1.165, 1.54) is 38.6 Å². The standard InChI is InChI=1S/C14H11O.C9H13.C2H6Si.Zr/c1-10-8-11-4-2-3-5-13(11)14(10)12-6-7-15-9-12;1-6-5-7(2)9(4)8(6)3;1-3-2;/h2-9H,1H3;6H,1-4H3;1-2H3;/q2*-1;;+2. The SMILES string of the molecule is CC1=[C-]C(C)C(C)=C1C.C[Si](C)=[Zr+2].Cc1[cH-]c2ccccc2c1-c1ccoc1. The van der Waals surface area contributed by atoms with Gasteiger partial charge in [-0.2, -0.15) is 11.1 Å². The Morgan fingerprint density at radius 1 is 1.07 bits per heavy atom. The maximum Gasteiger partial charge on any atom is 0.0900 e. The predicted molar refractivity (Wildman–Crippen MR) is 119 cm³/mol. The normalized spacial score (nSPS) is 15.6. The molecule has 0 radical (unpaired) electrons. The zero-order chi connectivity index (χ0) is 20.8. The van der Waals surface area contributed by atoms with Crippen LogP contribution in [0.3, 0.4) is 0 Å². The average molecular weight is 466 g/mol. The van der Waals surface area contributed by atoms with Gasteiger partial charge in [0.1, 0.15) is 0 Å².